The maximum atomic E-state index is 4.16. The topological polar surface area (TPSA) is 37.8 Å². The number of aromatic nitrogens is 2. The molecule has 0 aliphatic carbocycles. The van der Waals surface area contributed by atoms with Crippen LogP contribution in [-0.4, -0.2) is 28.8 Å². The maximum absolute atomic E-state index is 4.16. The zero-order valence-electron chi connectivity index (χ0n) is 9.50. The molecule has 0 saturated carbocycles. The fraction of sp³-hybridized carbons (Fsp3) is 0.333. The van der Waals surface area contributed by atoms with Crippen molar-refractivity contribution in [3.8, 4) is 0 Å². The minimum absolute atomic E-state index is 0.854. The Morgan fingerprint density at radius 1 is 1.24 bits per heavy atom. The Morgan fingerprint density at radius 2 is 2.12 bits per heavy atom. The molecule has 0 saturated heterocycles. The molecule has 5 heteroatoms. The van der Waals surface area contributed by atoms with Crippen LogP contribution in [0.4, 0.5) is 0 Å². The molecule has 0 atom stereocenters. The van der Waals surface area contributed by atoms with Crippen LogP contribution < -0.4 is 5.32 Å². The van der Waals surface area contributed by atoms with Crippen molar-refractivity contribution in [2.24, 2.45) is 0 Å². The average Bonchev–Trinajstić information content (AvgIpc) is 2.88. The van der Waals surface area contributed by atoms with E-state index in [9.17, 15) is 0 Å². The molecule has 0 bridgehead atoms. The largest absolute Gasteiger partial charge is 0.316 e. The van der Waals surface area contributed by atoms with E-state index < -0.39 is 0 Å². The molecule has 17 heavy (non-hydrogen) atoms. The Kier molecular flexibility index (Phi) is 5.48. The van der Waals surface area contributed by atoms with Crippen LogP contribution in [0.5, 0.6) is 0 Å². The molecule has 0 radical (unpaired) electrons. The van der Waals surface area contributed by atoms with Crippen LogP contribution in [0.25, 0.3) is 0 Å². The standard InChI is InChI=1S/C12H15N3S2/c1-4-14-12(15-5-1)17-9-7-13-6-2-11-3-8-16-10-11/h1,3-5,8,10,13H,2,6-7,9H2. The lowest BCUT2D eigenvalue weighted by molar-refractivity contribution is 0.721. The summed E-state index contributed by atoms with van der Waals surface area (Å²) >= 11 is 3.44. The monoisotopic (exact) mass is 265 g/mol. The molecule has 1 N–H and O–H groups in total. The first-order chi connectivity index (χ1) is 8.45. The summed E-state index contributed by atoms with van der Waals surface area (Å²) in [6.45, 7) is 2.03. The quantitative estimate of drug-likeness (QED) is 0.474. The fourth-order valence-electron chi connectivity index (χ4n) is 1.37. The Hall–Kier alpha value is -0.910. The van der Waals surface area contributed by atoms with Gasteiger partial charge < -0.3 is 5.32 Å². The molecule has 2 aromatic rings. The van der Waals surface area contributed by atoms with Crippen LogP contribution in [0.2, 0.25) is 0 Å². The Labute approximate surface area is 110 Å². The number of thioether (sulfide) groups is 1. The van der Waals surface area contributed by atoms with Gasteiger partial charge >= 0.3 is 0 Å². The van der Waals surface area contributed by atoms with E-state index in [2.05, 4.69) is 32.1 Å². The van der Waals surface area contributed by atoms with Gasteiger partial charge in [0.15, 0.2) is 5.16 Å². The summed E-state index contributed by atoms with van der Waals surface area (Å²) in [5, 5.41) is 8.60. The number of hydrogen-bond donors (Lipinski definition) is 1. The van der Waals surface area contributed by atoms with Gasteiger partial charge in [-0.25, -0.2) is 9.97 Å². The first-order valence-electron chi connectivity index (χ1n) is 5.57. The van der Waals surface area contributed by atoms with Crippen LogP contribution in [0.3, 0.4) is 0 Å². The van der Waals surface area contributed by atoms with Crippen LogP contribution in [0, 0.1) is 0 Å². The van der Waals surface area contributed by atoms with Gasteiger partial charge in [-0.15, -0.1) is 0 Å². The summed E-state index contributed by atoms with van der Waals surface area (Å²) in [6.07, 6.45) is 4.66. The highest BCUT2D eigenvalue weighted by molar-refractivity contribution is 7.99. The van der Waals surface area contributed by atoms with Crippen molar-refractivity contribution in [2.45, 2.75) is 11.6 Å². The number of nitrogens with one attached hydrogen (secondary N) is 1. The van der Waals surface area contributed by atoms with Gasteiger partial charge in [0.05, 0.1) is 0 Å². The molecule has 2 heterocycles. The smallest absolute Gasteiger partial charge is 0.187 e. The molecule has 0 aliphatic rings. The summed E-state index contributed by atoms with van der Waals surface area (Å²) in [5.74, 6) is 1.01. The lowest BCUT2D eigenvalue weighted by Crippen LogP contribution is -2.19. The van der Waals surface area contributed by atoms with Gasteiger partial charge in [-0.1, -0.05) is 11.8 Å². The van der Waals surface area contributed by atoms with Crippen LogP contribution >= 0.6 is 23.1 Å². The van der Waals surface area contributed by atoms with Crippen molar-refractivity contribution in [2.75, 3.05) is 18.8 Å². The van der Waals surface area contributed by atoms with Gasteiger partial charge in [-0.3, -0.25) is 0 Å². The molecular formula is C12H15N3S2. The van der Waals surface area contributed by atoms with Crippen molar-refractivity contribution in [3.05, 3.63) is 40.8 Å². The Morgan fingerprint density at radius 3 is 2.88 bits per heavy atom. The summed E-state index contributed by atoms with van der Waals surface area (Å²) < 4.78 is 0. The summed E-state index contributed by atoms with van der Waals surface area (Å²) in [5.41, 5.74) is 1.42. The third-order valence-electron chi connectivity index (χ3n) is 2.22. The van der Waals surface area contributed by atoms with E-state index in [1.54, 1.807) is 35.5 Å². The molecular weight excluding hydrogens is 250 g/mol. The predicted molar refractivity (Wildman–Crippen MR) is 73.6 cm³/mol. The first-order valence-corrected chi connectivity index (χ1v) is 7.49. The van der Waals surface area contributed by atoms with Gasteiger partial charge in [0.25, 0.3) is 0 Å². The lowest BCUT2D eigenvalue weighted by Gasteiger charge is -2.02. The van der Waals surface area contributed by atoms with Crippen LogP contribution in [-0.2, 0) is 6.42 Å². The second kappa shape index (κ2) is 7.42. The molecule has 0 amide bonds. The van der Waals surface area contributed by atoms with Crippen molar-refractivity contribution >= 4 is 23.1 Å². The van der Waals surface area contributed by atoms with E-state index in [-0.39, 0.29) is 0 Å². The van der Waals surface area contributed by atoms with Crippen molar-refractivity contribution in [3.63, 3.8) is 0 Å². The molecule has 0 unspecified atom stereocenters. The third kappa shape index (κ3) is 4.85. The van der Waals surface area contributed by atoms with Gasteiger partial charge in [0, 0.05) is 24.7 Å². The minimum atomic E-state index is 0.854. The molecule has 2 aromatic heterocycles. The van der Waals surface area contributed by atoms with Gasteiger partial charge in [0.1, 0.15) is 0 Å². The maximum Gasteiger partial charge on any atom is 0.187 e. The highest BCUT2D eigenvalue weighted by Crippen LogP contribution is 2.09. The Bertz CT molecular complexity index is 403. The lowest BCUT2D eigenvalue weighted by atomic mass is 10.2. The van der Waals surface area contributed by atoms with E-state index in [1.807, 2.05) is 6.07 Å². The summed E-state index contributed by atoms with van der Waals surface area (Å²) in [6, 6.07) is 4.02. The predicted octanol–water partition coefficient (Wildman–Crippen LogP) is 2.46. The number of nitrogens with zero attached hydrogens (tertiary/aromatic N) is 2. The van der Waals surface area contributed by atoms with E-state index in [1.165, 1.54) is 5.56 Å². The second-order valence-electron chi connectivity index (χ2n) is 3.51. The molecule has 0 fully saturated rings. The SMILES string of the molecule is c1cnc(SCCNCCc2ccsc2)nc1. The number of hydrogen-bond acceptors (Lipinski definition) is 5. The number of thiophene rings is 1. The minimum Gasteiger partial charge on any atom is -0.316 e. The molecule has 2 rings (SSSR count). The molecule has 0 aromatic carbocycles. The van der Waals surface area contributed by atoms with Crippen LogP contribution in [0.1, 0.15) is 5.56 Å². The average molecular weight is 265 g/mol. The first kappa shape index (κ1) is 12.5. The van der Waals surface area contributed by atoms with E-state index in [0.717, 1.165) is 30.4 Å². The highest BCUT2D eigenvalue weighted by atomic mass is 32.2. The van der Waals surface area contributed by atoms with E-state index in [0.29, 0.717) is 0 Å². The van der Waals surface area contributed by atoms with Crippen molar-refractivity contribution < 1.29 is 0 Å². The zero-order chi connectivity index (χ0) is 11.8. The normalized spacial score (nSPS) is 10.6. The van der Waals surface area contributed by atoms with E-state index >= 15 is 0 Å². The van der Waals surface area contributed by atoms with Crippen molar-refractivity contribution in [1.29, 1.82) is 0 Å². The molecule has 0 spiro atoms. The van der Waals surface area contributed by atoms with Crippen LogP contribution in [0.15, 0.2) is 40.4 Å². The van der Waals surface area contributed by atoms with Crippen molar-refractivity contribution in [1.82, 2.24) is 15.3 Å². The summed E-state index contributed by atoms with van der Waals surface area (Å²) in [4.78, 5) is 8.33. The van der Waals surface area contributed by atoms with Gasteiger partial charge in [-0.2, -0.15) is 11.3 Å². The zero-order valence-corrected chi connectivity index (χ0v) is 11.1. The number of rotatable bonds is 7. The van der Waals surface area contributed by atoms with Gasteiger partial charge in [-0.05, 0) is 41.4 Å². The molecule has 90 valence electrons. The van der Waals surface area contributed by atoms with E-state index in [4.69, 9.17) is 0 Å². The summed E-state index contributed by atoms with van der Waals surface area (Å²) in [7, 11) is 0. The van der Waals surface area contributed by atoms with Gasteiger partial charge in [0.2, 0.25) is 0 Å². The third-order valence-corrected chi connectivity index (χ3v) is 3.83. The molecule has 0 aliphatic heterocycles. The second-order valence-corrected chi connectivity index (χ2v) is 5.35. The molecule has 3 nitrogen and oxygen atoms in total. The Balaban J connectivity index is 1.52. The fourth-order valence-corrected chi connectivity index (χ4v) is 2.77. The highest BCUT2D eigenvalue weighted by Gasteiger charge is 1.96.